The number of rotatable bonds is 4. The van der Waals surface area contributed by atoms with Gasteiger partial charge in [-0.1, -0.05) is 17.7 Å². The lowest BCUT2D eigenvalue weighted by molar-refractivity contribution is 0.770. The van der Waals surface area contributed by atoms with E-state index < -0.39 is 0 Å². The van der Waals surface area contributed by atoms with Crippen molar-refractivity contribution in [3.05, 3.63) is 47.7 Å². The van der Waals surface area contributed by atoms with Gasteiger partial charge in [0.05, 0.1) is 10.5 Å². The van der Waals surface area contributed by atoms with Crippen molar-refractivity contribution in [2.75, 3.05) is 17.6 Å². The minimum Gasteiger partial charge on any atom is -0.381 e. The lowest BCUT2D eigenvalue weighted by Gasteiger charge is -2.13. The van der Waals surface area contributed by atoms with E-state index in [4.69, 9.17) is 22.3 Å². The molecule has 3 aromatic heterocycles. The summed E-state index contributed by atoms with van der Waals surface area (Å²) in [7, 11) is 1.85. The first-order valence-electron chi connectivity index (χ1n) is 8.53. The van der Waals surface area contributed by atoms with Crippen LogP contribution in [0.15, 0.2) is 42.7 Å². The monoisotopic (exact) mass is 379 g/mol. The minimum atomic E-state index is 0.329. The van der Waals surface area contributed by atoms with Crippen LogP contribution in [0.1, 0.15) is 6.92 Å². The van der Waals surface area contributed by atoms with Crippen molar-refractivity contribution in [3.8, 4) is 22.6 Å². The SMILES string of the molecule is CCNc1nc(-c2cc(Cl)c3ncccc3c2)c(-c2ccn(C)n2)nc1N. The van der Waals surface area contributed by atoms with Crippen molar-refractivity contribution < 1.29 is 0 Å². The zero-order valence-electron chi connectivity index (χ0n) is 14.9. The number of halogens is 1. The predicted molar refractivity (Wildman–Crippen MR) is 109 cm³/mol. The highest BCUT2D eigenvalue weighted by atomic mass is 35.5. The van der Waals surface area contributed by atoms with Gasteiger partial charge in [-0.25, -0.2) is 9.97 Å². The largest absolute Gasteiger partial charge is 0.381 e. The number of nitrogens with two attached hydrogens (primary N) is 1. The molecule has 7 nitrogen and oxygen atoms in total. The molecular formula is C19H18ClN7. The second-order valence-electron chi connectivity index (χ2n) is 6.09. The van der Waals surface area contributed by atoms with E-state index in [1.807, 2.05) is 50.5 Å². The summed E-state index contributed by atoms with van der Waals surface area (Å²) in [5, 5.41) is 9.09. The van der Waals surface area contributed by atoms with E-state index in [2.05, 4.69) is 20.4 Å². The van der Waals surface area contributed by atoms with E-state index in [1.54, 1.807) is 10.9 Å². The van der Waals surface area contributed by atoms with E-state index in [-0.39, 0.29) is 0 Å². The number of nitrogen functional groups attached to an aromatic ring is 1. The third-order valence-corrected chi connectivity index (χ3v) is 4.44. The molecule has 3 N–H and O–H groups in total. The Bertz CT molecular complexity index is 1140. The molecule has 0 atom stereocenters. The van der Waals surface area contributed by atoms with E-state index in [0.717, 1.165) is 16.5 Å². The molecule has 0 saturated heterocycles. The van der Waals surface area contributed by atoms with Crippen molar-refractivity contribution in [1.29, 1.82) is 0 Å². The standard InChI is InChI=1S/C19H18ClN7/c1-3-22-19-18(21)24-17(14-6-8-27(2)26-14)16(25-19)12-9-11-5-4-7-23-15(11)13(20)10-12/h4-10H,3H2,1-2H3,(H2,21,24)(H,22,25). The highest BCUT2D eigenvalue weighted by Crippen LogP contribution is 2.35. The first-order valence-corrected chi connectivity index (χ1v) is 8.90. The zero-order chi connectivity index (χ0) is 19.0. The van der Waals surface area contributed by atoms with Crippen LogP contribution in [0.5, 0.6) is 0 Å². The average Bonchev–Trinajstić information content (AvgIpc) is 3.09. The summed E-state index contributed by atoms with van der Waals surface area (Å²) in [5.74, 6) is 0.865. The van der Waals surface area contributed by atoms with Crippen LogP contribution in [0.4, 0.5) is 11.6 Å². The Morgan fingerprint density at radius 2 is 2.04 bits per heavy atom. The normalized spacial score (nSPS) is 11.1. The predicted octanol–water partition coefficient (Wildman–Crippen LogP) is 3.76. The quantitative estimate of drug-likeness (QED) is 0.560. The van der Waals surface area contributed by atoms with Gasteiger partial charge in [-0.05, 0) is 31.2 Å². The van der Waals surface area contributed by atoms with Gasteiger partial charge in [0.15, 0.2) is 11.6 Å². The summed E-state index contributed by atoms with van der Waals surface area (Å²) in [6.07, 6.45) is 3.58. The Labute approximate surface area is 161 Å². The van der Waals surface area contributed by atoms with Crippen LogP contribution in [0.2, 0.25) is 5.02 Å². The van der Waals surface area contributed by atoms with Gasteiger partial charge in [-0.3, -0.25) is 9.67 Å². The average molecular weight is 380 g/mol. The number of hydrogen-bond donors (Lipinski definition) is 2. The maximum Gasteiger partial charge on any atom is 0.169 e. The Balaban J connectivity index is 1.99. The number of hydrogen-bond acceptors (Lipinski definition) is 6. The van der Waals surface area contributed by atoms with Crippen LogP contribution in [-0.2, 0) is 7.05 Å². The van der Waals surface area contributed by atoms with Crippen molar-refractivity contribution in [3.63, 3.8) is 0 Å². The number of fused-ring (bicyclic) bond motifs is 1. The van der Waals surface area contributed by atoms with Gasteiger partial charge in [0.2, 0.25) is 0 Å². The van der Waals surface area contributed by atoms with Gasteiger partial charge in [0.1, 0.15) is 17.1 Å². The Morgan fingerprint density at radius 1 is 1.19 bits per heavy atom. The molecule has 0 aliphatic heterocycles. The van der Waals surface area contributed by atoms with Crippen molar-refractivity contribution in [2.45, 2.75) is 6.92 Å². The lowest BCUT2D eigenvalue weighted by atomic mass is 10.0. The van der Waals surface area contributed by atoms with Crippen molar-refractivity contribution in [2.24, 2.45) is 7.05 Å². The van der Waals surface area contributed by atoms with E-state index >= 15 is 0 Å². The molecule has 0 saturated carbocycles. The van der Waals surface area contributed by atoms with E-state index in [0.29, 0.717) is 40.3 Å². The van der Waals surface area contributed by atoms with Gasteiger partial charge < -0.3 is 11.1 Å². The van der Waals surface area contributed by atoms with E-state index in [9.17, 15) is 0 Å². The highest BCUT2D eigenvalue weighted by molar-refractivity contribution is 6.35. The smallest absolute Gasteiger partial charge is 0.169 e. The van der Waals surface area contributed by atoms with Crippen molar-refractivity contribution >= 4 is 34.1 Å². The molecule has 0 radical (unpaired) electrons. The topological polar surface area (TPSA) is 94.5 Å². The molecule has 27 heavy (non-hydrogen) atoms. The molecular weight excluding hydrogens is 362 g/mol. The molecule has 0 spiro atoms. The number of pyridine rings is 1. The number of anilines is 2. The van der Waals surface area contributed by atoms with Gasteiger partial charge in [-0.15, -0.1) is 0 Å². The summed E-state index contributed by atoms with van der Waals surface area (Å²) in [4.78, 5) is 13.7. The summed E-state index contributed by atoms with van der Waals surface area (Å²) >= 11 is 6.48. The third kappa shape index (κ3) is 3.17. The molecule has 0 bridgehead atoms. The molecule has 3 heterocycles. The third-order valence-electron chi connectivity index (χ3n) is 4.16. The first-order chi connectivity index (χ1) is 13.1. The highest BCUT2D eigenvalue weighted by Gasteiger charge is 2.18. The van der Waals surface area contributed by atoms with Gasteiger partial charge >= 0.3 is 0 Å². The maximum atomic E-state index is 6.48. The summed E-state index contributed by atoms with van der Waals surface area (Å²) in [6.45, 7) is 2.66. The number of nitrogens with zero attached hydrogens (tertiary/aromatic N) is 5. The van der Waals surface area contributed by atoms with Gasteiger partial charge in [0.25, 0.3) is 0 Å². The molecule has 0 amide bonds. The molecule has 0 aliphatic carbocycles. The van der Waals surface area contributed by atoms with Crippen molar-refractivity contribution in [1.82, 2.24) is 24.7 Å². The number of benzene rings is 1. The second kappa shape index (κ2) is 6.85. The molecule has 0 fully saturated rings. The molecule has 8 heteroatoms. The summed E-state index contributed by atoms with van der Waals surface area (Å²) in [5.41, 5.74) is 9.64. The fourth-order valence-electron chi connectivity index (χ4n) is 2.95. The molecule has 1 aromatic carbocycles. The van der Waals surface area contributed by atoms with Crippen LogP contribution >= 0.6 is 11.6 Å². The Kier molecular flexibility index (Phi) is 4.37. The first kappa shape index (κ1) is 17.2. The van der Waals surface area contributed by atoms with E-state index in [1.165, 1.54) is 0 Å². The van der Waals surface area contributed by atoms with Crippen LogP contribution in [-0.4, -0.2) is 31.3 Å². The Morgan fingerprint density at radius 3 is 2.78 bits per heavy atom. The second-order valence-corrected chi connectivity index (χ2v) is 6.50. The van der Waals surface area contributed by atoms with Gasteiger partial charge in [-0.2, -0.15) is 5.10 Å². The molecule has 0 aliphatic rings. The zero-order valence-corrected chi connectivity index (χ0v) is 15.7. The van der Waals surface area contributed by atoms with Gasteiger partial charge in [0, 0.05) is 36.9 Å². The summed E-state index contributed by atoms with van der Waals surface area (Å²) in [6, 6.07) is 9.56. The van der Waals surface area contributed by atoms with Crippen LogP contribution in [0.3, 0.4) is 0 Å². The lowest BCUT2D eigenvalue weighted by Crippen LogP contribution is -2.08. The Hall–Kier alpha value is -3.19. The van der Waals surface area contributed by atoms with Crippen LogP contribution in [0.25, 0.3) is 33.5 Å². The molecule has 136 valence electrons. The molecule has 4 rings (SSSR count). The fourth-order valence-corrected chi connectivity index (χ4v) is 3.23. The number of aryl methyl sites for hydroxylation is 1. The summed E-state index contributed by atoms with van der Waals surface area (Å²) < 4.78 is 1.71. The molecule has 0 unspecified atom stereocenters. The maximum absolute atomic E-state index is 6.48. The van der Waals surface area contributed by atoms with Crippen LogP contribution in [0, 0.1) is 0 Å². The number of nitrogens with one attached hydrogen (secondary N) is 1. The molecule has 4 aromatic rings. The minimum absolute atomic E-state index is 0.329. The van der Waals surface area contributed by atoms with Crippen LogP contribution < -0.4 is 11.1 Å². The number of aromatic nitrogens is 5. The fraction of sp³-hybridized carbons (Fsp3) is 0.158.